The van der Waals surface area contributed by atoms with Gasteiger partial charge in [0, 0.05) is 13.1 Å². The number of hydrogen-bond acceptors (Lipinski definition) is 5. The molecule has 1 aliphatic heterocycles. The summed E-state index contributed by atoms with van der Waals surface area (Å²) in [5, 5.41) is 9.10. The second-order valence-electron chi connectivity index (χ2n) is 5.74. The van der Waals surface area contributed by atoms with Crippen LogP contribution >= 0.6 is 11.8 Å². The van der Waals surface area contributed by atoms with Gasteiger partial charge in [-0.1, -0.05) is 30.8 Å². The van der Waals surface area contributed by atoms with Crippen molar-refractivity contribution in [2.24, 2.45) is 0 Å². The van der Waals surface area contributed by atoms with E-state index in [1.54, 1.807) is 7.11 Å². The van der Waals surface area contributed by atoms with E-state index in [1.165, 1.54) is 11.8 Å². The molecule has 24 heavy (non-hydrogen) atoms. The van der Waals surface area contributed by atoms with Gasteiger partial charge in [0.25, 0.3) is 0 Å². The van der Waals surface area contributed by atoms with E-state index >= 15 is 0 Å². The summed E-state index contributed by atoms with van der Waals surface area (Å²) in [6.07, 6.45) is 1.80. The predicted molar refractivity (Wildman–Crippen MR) is 94.7 cm³/mol. The van der Waals surface area contributed by atoms with E-state index in [0.29, 0.717) is 6.54 Å². The van der Waals surface area contributed by atoms with Crippen molar-refractivity contribution in [3.63, 3.8) is 0 Å². The van der Waals surface area contributed by atoms with Gasteiger partial charge in [0.1, 0.15) is 11.6 Å². The first-order chi connectivity index (χ1) is 11.7. The topological polar surface area (TPSA) is 60.3 Å². The minimum absolute atomic E-state index is 0.105. The Labute approximate surface area is 146 Å². The van der Waals surface area contributed by atoms with Crippen LogP contribution in [0.2, 0.25) is 0 Å². The van der Waals surface area contributed by atoms with Gasteiger partial charge in [-0.15, -0.1) is 10.2 Å². The van der Waals surface area contributed by atoms with E-state index in [4.69, 9.17) is 4.74 Å². The summed E-state index contributed by atoms with van der Waals surface area (Å²) in [7, 11) is 1.63. The Morgan fingerprint density at radius 3 is 2.88 bits per heavy atom. The van der Waals surface area contributed by atoms with Crippen LogP contribution in [0, 0.1) is 6.92 Å². The fourth-order valence-corrected chi connectivity index (χ4v) is 4.06. The summed E-state index contributed by atoms with van der Waals surface area (Å²) in [6.45, 7) is 5.64. The second-order valence-corrected chi connectivity index (χ2v) is 6.91. The molecule has 3 rings (SSSR count). The highest BCUT2D eigenvalue weighted by molar-refractivity contribution is 8.00. The fourth-order valence-electron chi connectivity index (χ4n) is 2.91. The summed E-state index contributed by atoms with van der Waals surface area (Å²) in [6, 6.07) is 7.63. The molecule has 0 bridgehead atoms. The first-order valence-electron chi connectivity index (χ1n) is 8.16. The maximum atomic E-state index is 12.8. The molecule has 2 aromatic rings. The number of nitrogens with zero attached hydrogens (tertiary/aromatic N) is 4. The van der Waals surface area contributed by atoms with Crippen LogP contribution < -0.4 is 9.64 Å². The van der Waals surface area contributed by atoms with Gasteiger partial charge >= 0.3 is 0 Å². The van der Waals surface area contributed by atoms with Crippen LogP contribution in [0.15, 0.2) is 29.4 Å². The minimum atomic E-state index is -0.130. The van der Waals surface area contributed by atoms with Gasteiger partial charge in [0.15, 0.2) is 5.16 Å². The third-order valence-electron chi connectivity index (χ3n) is 4.13. The monoisotopic (exact) mass is 346 g/mol. The maximum Gasteiger partial charge on any atom is 0.240 e. The average molecular weight is 346 g/mol. The van der Waals surface area contributed by atoms with E-state index in [-0.39, 0.29) is 11.2 Å². The van der Waals surface area contributed by atoms with Crippen molar-refractivity contribution < 1.29 is 9.53 Å². The van der Waals surface area contributed by atoms with Gasteiger partial charge < -0.3 is 14.2 Å². The molecule has 0 N–H and O–H groups in total. The van der Waals surface area contributed by atoms with Crippen LogP contribution in [0.25, 0.3) is 0 Å². The summed E-state index contributed by atoms with van der Waals surface area (Å²) >= 11 is 1.52. The molecule has 6 nitrogen and oxygen atoms in total. The lowest BCUT2D eigenvalue weighted by Gasteiger charge is -2.19. The Hall–Kier alpha value is -2.02. The third-order valence-corrected chi connectivity index (χ3v) is 5.36. The van der Waals surface area contributed by atoms with E-state index in [1.807, 2.05) is 36.1 Å². The molecule has 7 heteroatoms. The lowest BCUT2D eigenvalue weighted by molar-refractivity contribution is -0.116. The van der Waals surface area contributed by atoms with Crippen LogP contribution in [0.5, 0.6) is 5.75 Å². The zero-order valence-electron chi connectivity index (χ0n) is 14.2. The van der Waals surface area contributed by atoms with Crippen molar-refractivity contribution in [1.29, 1.82) is 0 Å². The largest absolute Gasteiger partial charge is 0.495 e. The standard InChI is InChI=1S/C17H22N4O2S/c1-4-10-20-12(2)18-19-17(20)24-15-9-11-21(16(15)22)13-7-5-6-8-14(13)23-3/h5-8,15H,4,9-11H2,1-3H3. The quantitative estimate of drug-likeness (QED) is 0.805. The molecule has 1 aromatic heterocycles. The van der Waals surface area contributed by atoms with Crippen molar-refractivity contribution in [2.75, 3.05) is 18.6 Å². The lowest BCUT2D eigenvalue weighted by atomic mass is 10.2. The summed E-state index contributed by atoms with van der Waals surface area (Å²) in [4.78, 5) is 14.7. The van der Waals surface area contributed by atoms with Crippen molar-refractivity contribution in [3.05, 3.63) is 30.1 Å². The molecule has 128 valence electrons. The highest BCUT2D eigenvalue weighted by atomic mass is 32.2. The van der Waals surface area contributed by atoms with Gasteiger partial charge in [-0.05, 0) is 31.9 Å². The number of hydrogen-bond donors (Lipinski definition) is 0. The third kappa shape index (κ3) is 3.13. The Morgan fingerprint density at radius 1 is 1.33 bits per heavy atom. The predicted octanol–water partition coefficient (Wildman–Crippen LogP) is 2.90. The molecule has 0 radical (unpaired) electrons. The van der Waals surface area contributed by atoms with Crippen molar-refractivity contribution >= 4 is 23.4 Å². The Kier molecular flexibility index (Phi) is 5.08. The number of para-hydroxylation sites is 2. The number of carbonyl (C=O) groups excluding carboxylic acids is 1. The Balaban J connectivity index is 1.77. The molecule has 1 aliphatic rings. The van der Waals surface area contributed by atoms with Crippen LogP contribution in [0.1, 0.15) is 25.6 Å². The molecule has 0 aliphatic carbocycles. The average Bonchev–Trinajstić information content (AvgIpc) is 3.13. The number of ether oxygens (including phenoxy) is 1. The highest BCUT2D eigenvalue weighted by Gasteiger charge is 2.35. The number of carbonyl (C=O) groups is 1. The van der Waals surface area contributed by atoms with Gasteiger partial charge in [-0.2, -0.15) is 0 Å². The molecule has 1 unspecified atom stereocenters. The lowest BCUT2D eigenvalue weighted by Crippen LogP contribution is -2.28. The minimum Gasteiger partial charge on any atom is -0.495 e. The summed E-state index contributed by atoms with van der Waals surface area (Å²) in [5.41, 5.74) is 0.833. The second kappa shape index (κ2) is 7.25. The molecule has 1 fully saturated rings. The molecule has 1 saturated heterocycles. The zero-order valence-corrected chi connectivity index (χ0v) is 15.0. The van der Waals surface area contributed by atoms with Gasteiger partial charge in [0.05, 0.1) is 18.0 Å². The van der Waals surface area contributed by atoms with E-state index in [2.05, 4.69) is 21.7 Å². The molecule has 2 heterocycles. The number of thioether (sulfide) groups is 1. The van der Waals surface area contributed by atoms with Gasteiger partial charge in [-0.25, -0.2) is 0 Å². The van der Waals surface area contributed by atoms with Gasteiger partial charge in [0.2, 0.25) is 5.91 Å². The molecular weight excluding hydrogens is 324 g/mol. The maximum absolute atomic E-state index is 12.8. The summed E-state index contributed by atoms with van der Waals surface area (Å²) < 4.78 is 7.47. The van der Waals surface area contributed by atoms with Crippen LogP contribution in [-0.2, 0) is 11.3 Å². The highest BCUT2D eigenvalue weighted by Crippen LogP contribution is 2.36. The normalized spacial score (nSPS) is 17.5. The Morgan fingerprint density at radius 2 is 2.12 bits per heavy atom. The van der Waals surface area contributed by atoms with Crippen molar-refractivity contribution in [2.45, 2.75) is 43.6 Å². The van der Waals surface area contributed by atoms with E-state index in [0.717, 1.165) is 41.8 Å². The molecule has 1 aromatic carbocycles. The number of rotatable bonds is 6. The Bertz CT molecular complexity index is 731. The first-order valence-corrected chi connectivity index (χ1v) is 9.04. The smallest absolute Gasteiger partial charge is 0.240 e. The van der Waals surface area contributed by atoms with E-state index in [9.17, 15) is 4.79 Å². The van der Waals surface area contributed by atoms with Crippen molar-refractivity contribution in [3.8, 4) is 5.75 Å². The van der Waals surface area contributed by atoms with Crippen molar-refractivity contribution in [1.82, 2.24) is 14.8 Å². The number of anilines is 1. The molecule has 1 amide bonds. The number of amides is 1. The number of aromatic nitrogens is 3. The van der Waals surface area contributed by atoms with E-state index < -0.39 is 0 Å². The fraction of sp³-hybridized carbons (Fsp3) is 0.471. The molecule has 0 saturated carbocycles. The van der Waals surface area contributed by atoms with Crippen LogP contribution in [-0.4, -0.2) is 39.6 Å². The zero-order chi connectivity index (χ0) is 17.1. The van der Waals surface area contributed by atoms with Crippen LogP contribution in [0.3, 0.4) is 0 Å². The molecule has 0 spiro atoms. The first kappa shape index (κ1) is 16.8. The number of aryl methyl sites for hydroxylation is 1. The molecular formula is C17H22N4O2S. The van der Waals surface area contributed by atoms with Gasteiger partial charge in [-0.3, -0.25) is 4.79 Å². The number of benzene rings is 1. The SMILES string of the molecule is CCCn1c(C)nnc1SC1CCN(c2ccccc2OC)C1=O. The molecule has 1 atom stereocenters. The summed E-state index contributed by atoms with van der Waals surface area (Å²) in [5.74, 6) is 1.72. The van der Waals surface area contributed by atoms with Crippen LogP contribution in [0.4, 0.5) is 5.69 Å². The number of methoxy groups -OCH3 is 1.